The van der Waals surface area contributed by atoms with E-state index in [1.54, 1.807) is 26.2 Å². The Bertz CT molecular complexity index is 929. The van der Waals surface area contributed by atoms with Crippen molar-refractivity contribution >= 4 is 8.45 Å². The minimum atomic E-state index is -4.53. The van der Waals surface area contributed by atoms with Crippen LogP contribution in [0.5, 0.6) is 0 Å². The van der Waals surface area contributed by atoms with Crippen LogP contribution in [0.25, 0.3) is 0 Å². The fraction of sp³-hybridized carbons (Fsp3) is 0.538. The first-order chi connectivity index (χ1) is 16.9. The highest BCUT2D eigenvalue weighted by Crippen LogP contribution is 2.63. The van der Waals surface area contributed by atoms with Gasteiger partial charge in [-0.25, -0.2) is 9.34 Å². The summed E-state index contributed by atoms with van der Waals surface area (Å²) in [6.45, 7) is 4.70. The lowest BCUT2D eigenvalue weighted by Gasteiger charge is -2.27. The molecule has 3 rings (SSSR count). The predicted molar refractivity (Wildman–Crippen MR) is 130 cm³/mol. The zero-order valence-electron chi connectivity index (χ0n) is 20.9. The van der Waals surface area contributed by atoms with Crippen LogP contribution in [-0.4, -0.2) is 30.0 Å². The quantitative estimate of drug-likeness (QED) is 0.236. The summed E-state index contributed by atoms with van der Waals surface area (Å²) >= 11 is 0. The molecule has 0 bridgehead atoms. The molecule has 0 spiro atoms. The lowest BCUT2D eigenvalue weighted by molar-refractivity contribution is -0.138. The summed E-state index contributed by atoms with van der Waals surface area (Å²) in [5.74, 6) is 0.342. The number of likely N-dealkylation sites (N-methyl/N-ethyl adjacent to an activating group) is 2. The average molecular weight is 535 g/mol. The Morgan fingerprint density at radius 3 is 1.69 bits per heavy atom. The van der Waals surface area contributed by atoms with E-state index in [0.717, 1.165) is 49.9 Å². The van der Waals surface area contributed by atoms with E-state index in [0.29, 0.717) is 23.7 Å². The molecule has 10 heteroatoms. The molecule has 0 amide bonds. The smallest absolute Gasteiger partial charge is 0.331 e. The van der Waals surface area contributed by atoms with Crippen molar-refractivity contribution in [3.05, 3.63) is 70.8 Å². The van der Waals surface area contributed by atoms with E-state index in [4.69, 9.17) is 4.52 Å². The van der Waals surface area contributed by atoms with E-state index in [-0.39, 0.29) is 0 Å². The molecule has 2 aromatic rings. The fourth-order valence-electron chi connectivity index (χ4n) is 4.69. The van der Waals surface area contributed by atoms with Crippen LogP contribution >= 0.6 is 8.45 Å². The van der Waals surface area contributed by atoms with Crippen LogP contribution < -0.4 is 0 Å². The molecule has 0 aliphatic carbocycles. The molecule has 1 fully saturated rings. The molecule has 0 N–H and O–H groups in total. The van der Waals surface area contributed by atoms with E-state index in [9.17, 15) is 26.3 Å². The third-order valence-electron chi connectivity index (χ3n) is 6.72. The number of benzene rings is 2. The van der Waals surface area contributed by atoms with Gasteiger partial charge in [-0.2, -0.15) is 26.3 Å². The second kappa shape index (κ2) is 11.8. The van der Waals surface area contributed by atoms with Gasteiger partial charge in [-0.05, 0) is 61.8 Å². The minimum Gasteiger partial charge on any atom is -0.331 e. The van der Waals surface area contributed by atoms with Crippen LogP contribution in [0.1, 0.15) is 73.9 Å². The van der Waals surface area contributed by atoms with Crippen LogP contribution in [0.15, 0.2) is 48.5 Å². The van der Waals surface area contributed by atoms with Crippen LogP contribution in [0.2, 0.25) is 0 Å². The summed E-state index contributed by atoms with van der Waals surface area (Å²) in [6, 6.07) is 8.81. The van der Waals surface area contributed by atoms with E-state index < -0.39 is 44.0 Å². The van der Waals surface area contributed by atoms with Crippen molar-refractivity contribution in [2.75, 3.05) is 20.7 Å². The summed E-state index contributed by atoms with van der Waals surface area (Å²) < 4.78 is 91.0. The highest BCUT2D eigenvalue weighted by atomic mass is 31.2. The Morgan fingerprint density at radius 2 is 1.31 bits per heavy atom. The van der Waals surface area contributed by atoms with Gasteiger partial charge in [-0.3, -0.25) is 0 Å². The van der Waals surface area contributed by atoms with E-state index >= 15 is 0 Å². The summed E-state index contributed by atoms with van der Waals surface area (Å²) in [4.78, 5) is 0. The fourth-order valence-corrected chi connectivity index (χ4v) is 6.79. The van der Waals surface area contributed by atoms with Crippen molar-refractivity contribution in [1.82, 2.24) is 9.34 Å². The number of nitrogens with zero attached hydrogens (tertiary/aromatic N) is 2. The van der Waals surface area contributed by atoms with Gasteiger partial charge in [0.2, 0.25) is 0 Å². The molecule has 200 valence electrons. The largest absolute Gasteiger partial charge is 0.416 e. The molecule has 1 unspecified atom stereocenters. The highest BCUT2D eigenvalue weighted by molar-refractivity contribution is 7.47. The molecule has 36 heavy (non-hydrogen) atoms. The highest BCUT2D eigenvalue weighted by Gasteiger charge is 2.47. The molecular weight excluding hydrogens is 501 g/mol. The Hall–Kier alpha value is -1.67. The van der Waals surface area contributed by atoms with Crippen molar-refractivity contribution in [1.29, 1.82) is 0 Å². The van der Waals surface area contributed by atoms with Gasteiger partial charge in [0.1, 0.15) is 0 Å². The van der Waals surface area contributed by atoms with Gasteiger partial charge in [0, 0.05) is 0 Å². The topological polar surface area (TPSA) is 15.7 Å². The van der Waals surface area contributed by atoms with Crippen molar-refractivity contribution in [2.45, 2.75) is 64.0 Å². The molecule has 1 saturated heterocycles. The van der Waals surface area contributed by atoms with Gasteiger partial charge in [-0.1, -0.05) is 57.4 Å². The van der Waals surface area contributed by atoms with Gasteiger partial charge < -0.3 is 4.52 Å². The molecule has 3 atom stereocenters. The van der Waals surface area contributed by atoms with Crippen molar-refractivity contribution in [3.63, 3.8) is 0 Å². The molecule has 1 aliphatic heterocycles. The average Bonchev–Trinajstić information content (AvgIpc) is 3.08. The number of unbranched alkanes of at least 4 members (excludes halogenated alkanes) is 1. The Kier molecular flexibility index (Phi) is 9.47. The summed E-state index contributed by atoms with van der Waals surface area (Å²) in [5, 5.41) is 0. The number of rotatable bonds is 9. The molecule has 1 heterocycles. The lowest BCUT2D eigenvalue weighted by Crippen LogP contribution is -2.22. The maximum Gasteiger partial charge on any atom is 0.416 e. The second-order valence-electron chi connectivity index (χ2n) is 9.25. The second-order valence-corrected chi connectivity index (χ2v) is 11.3. The molecular formula is C26H33F6N2OP. The predicted octanol–water partition coefficient (Wildman–Crippen LogP) is 8.84. The molecule has 0 saturated carbocycles. The molecule has 1 aliphatic rings. The summed E-state index contributed by atoms with van der Waals surface area (Å²) in [6.07, 6.45) is -4.97. The maximum absolute atomic E-state index is 13.5. The van der Waals surface area contributed by atoms with Gasteiger partial charge >= 0.3 is 12.4 Å². The van der Waals surface area contributed by atoms with Crippen LogP contribution in [0, 0.1) is 5.92 Å². The normalized spacial score (nSPS) is 21.3. The van der Waals surface area contributed by atoms with E-state index in [2.05, 4.69) is 13.8 Å². The molecule has 0 aromatic heterocycles. The molecule has 0 radical (unpaired) electrons. The number of hydrogen-bond donors (Lipinski definition) is 0. The van der Waals surface area contributed by atoms with Crippen LogP contribution in [0.3, 0.4) is 0 Å². The number of halogens is 6. The third kappa shape index (κ3) is 6.60. The van der Waals surface area contributed by atoms with Gasteiger partial charge in [0.25, 0.3) is 0 Å². The zero-order chi connectivity index (χ0) is 26.7. The maximum atomic E-state index is 13.5. The van der Waals surface area contributed by atoms with Crippen LogP contribution in [0.4, 0.5) is 26.3 Å². The lowest BCUT2D eigenvalue weighted by atomic mass is 9.91. The van der Waals surface area contributed by atoms with E-state index in [1.807, 2.05) is 9.34 Å². The Balaban J connectivity index is 2.01. The van der Waals surface area contributed by atoms with Gasteiger partial charge in [0.15, 0.2) is 8.45 Å². The minimum absolute atomic E-state index is 0.342. The summed E-state index contributed by atoms with van der Waals surface area (Å²) in [5.41, 5.74) is -0.815. The van der Waals surface area contributed by atoms with Crippen molar-refractivity contribution < 1.29 is 30.9 Å². The summed E-state index contributed by atoms with van der Waals surface area (Å²) in [7, 11) is 2.13. The monoisotopic (exact) mass is 534 g/mol. The van der Waals surface area contributed by atoms with Gasteiger partial charge in [0.05, 0.1) is 29.8 Å². The molecule has 2 aromatic carbocycles. The first-order valence-electron chi connectivity index (χ1n) is 12.1. The standard InChI is InChI=1S/C26H33F6N2OP/c1-5-7-10-18(6-2)17-35-36-33(3)23(19-11-8-13-21(15-19)25(27,28)29)24(34(36)4)20-12-9-14-22(16-20)26(30,31)32/h8-9,11-16,18,23-24H,5-7,10,17H2,1-4H3/t18?,23-,24-/m0/s1. The number of hydrogen-bond acceptors (Lipinski definition) is 3. The third-order valence-corrected chi connectivity index (χ3v) is 8.68. The SMILES string of the molecule is CCCCC(CC)COP1N(C)[C@@H](c2cccc(C(F)(F)F)c2)[C@H](c2cccc(C(F)(F)F)c2)N1C. The van der Waals surface area contributed by atoms with E-state index in [1.165, 1.54) is 12.1 Å². The number of alkyl halides is 6. The van der Waals surface area contributed by atoms with Crippen LogP contribution in [-0.2, 0) is 16.9 Å². The molecule has 3 nitrogen and oxygen atoms in total. The Labute approximate surface area is 210 Å². The van der Waals surface area contributed by atoms with Gasteiger partial charge in [-0.15, -0.1) is 0 Å². The van der Waals surface area contributed by atoms with Crippen molar-refractivity contribution in [3.8, 4) is 0 Å². The first kappa shape index (κ1) is 28.9. The zero-order valence-corrected chi connectivity index (χ0v) is 21.8. The Morgan fingerprint density at radius 1 is 0.833 bits per heavy atom. The van der Waals surface area contributed by atoms with Crippen molar-refractivity contribution in [2.24, 2.45) is 5.92 Å². The first-order valence-corrected chi connectivity index (χ1v) is 13.3.